The zero-order valence-corrected chi connectivity index (χ0v) is 13.4. The average molecular weight is 338 g/mol. The molecule has 0 atom stereocenters. The number of nitrogens with one attached hydrogen (secondary N) is 1. The monoisotopic (exact) mass is 337 g/mol. The maximum absolute atomic E-state index is 9.01. The summed E-state index contributed by atoms with van der Waals surface area (Å²) in [5.41, 5.74) is 4.63. The van der Waals surface area contributed by atoms with Crippen LogP contribution < -0.4 is 5.32 Å². The van der Waals surface area contributed by atoms with Crippen molar-refractivity contribution in [2.45, 2.75) is 33.5 Å². The first-order valence-electron chi connectivity index (χ1n) is 6.70. The minimum Gasteiger partial charge on any atom is -0.394 e. The van der Waals surface area contributed by atoms with Crippen LogP contribution in [0.3, 0.4) is 0 Å². The first-order chi connectivity index (χ1) is 9.61. The maximum atomic E-state index is 9.01. The molecule has 0 aliphatic rings. The molecule has 1 aromatic heterocycles. The third-order valence-corrected chi connectivity index (χ3v) is 3.92. The van der Waals surface area contributed by atoms with E-state index in [-0.39, 0.29) is 6.61 Å². The summed E-state index contributed by atoms with van der Waals surface area (Å²) in [6, 6.07) is 8.30. The van der Waals surface area contributed by atoms with Gasteiger partial charge in [0.05, 0.1) is 18.8 Å². The largest absolute Gasteiger partial charge is 0.394 e. The van der Waals surface area contributed by atoms with Gasteiger partial charge >= 0.3 is 0 Å². The summed E-state index contributed by atoms with van der Waals surface area (Å²) in [5, 5.41) is 16.9. The van der Waals surface area contributed by atoms with Gasteiger partial charge in [0.15, 0.2) is 0 Å². The van der Waals surface area contributed by atoms with Crippen LogP contribution in [0.4, 0.5) is 0 Å². The summed E-state index contributed by atoms with van der Waals surface area (Å²) >= 11 is 3.44. The van der Waals surface area contributed by atoms with E-state index in [0.29, 0.717) is 6.54 Å². The topological polar surface area (TPSA) is 50.1 Å². The second-order valence-electron chi connectivity index (χ2n) is 4.83. The van der Waals surface area contributed by atoms with Gasteiger partial charge in [0, 0.05) is 28.8 Å². The van der Waals surface area contributed by atoms with Crippen molar-refractivity contribution in [3.63, 3.8) is 0 Å². The number of aliphatic hydroxyl groups is 1. The molecule has 108 valence electrons. The molecule has 0 saturated carbocycles. The fourth-order valence-corrected chi connectivity index (χ4v) is 2.50. The third-order valence-electron chi connectivity index (χ3n) is 3.39. The minimum atomic E-state index is 0.119. The lowest BCUT2D eigenvalue weighted by Crippen LogP contribution is -2.14. The van der Waals surface area contributed by atoms with Gasteiger partial charge in [0.25, 0.3) is 0 Å². The van der Waals surface area contributed by atoms with Gasteiger partial charge in [-0.3, -0.25) is 4.68 Å². The Morgan fingerprint density at radius 3 is 2.55 bits per heavy atom. The van der Waals surface area contributed by atoms with Crippen molar-refractivity contribution in [2.75, 3.05) is 6.61 Å². The van der Waals surface area contributed by atoms with Gasteiger partial charge in [-0.15, -0.1) is 0 Å². The third kappa shape index (κ3) is 3.69. The molecule has 0 radical (unpaired) electrons. The molecule has 2 aromatic rings. The lowest BCUT2D eigenvalue weighted by Gasteiger charge is -2.06. The van der Waals surface area contributed by atoms with Gasteiger partial charge in [0.2, 0.25) is 0 Å². The van der Waals surface area contributed by atoms with E-state index in [1.54, 1.807) is 0 Å². The van der Waals surface area contributed by atoms with Gasteiger partial charge < -0.3 is 10.4 Å². The molecular weight excluding hydrogens is 318 g/mol. The fourth-order valence-electron chi connectivity index (χ4n) is 2.24. The molecule has 0 fully saturated rings. The Hall–Kier alpha value is -1.17. The Kier molecular flexibility index (Phi) is 5.34. The van der Waals surface area contributed by atoms with E-state index in [1.165, 1.54) is 11.1 Å². The predicted octanol–water partition coefficient (Wildman–Crippen LogP) is 2.54. The smallest absolute Gasteiger partial charge is 0.0644 e. The number of aryl methyl sites for hydroxylation is 1. The molecular formula is C15H20BrN3O. The maximum Gasteiger partial charge on any atom is 0.0644 e. The van der Waals surface area contributed by atoms with Crippen LogP contribution in [0, 0.1) is 13.8 Å². The Bertz CT molecular complexity index is 563. The summed E-state index contributed by atoms with van der Waals surface area (Å²) in [6.45, 7) is 6.35. The Morgan fingerprint density at radius 1 is 1.20 bits per heavy atom. The van der Waals surface area contributed by atoms with Crippen molar-refractivity contribution in [1.29, 1.82) is 0 Å². The van der Waals surface area contributed by atoms with Crippen LogP contribution in [0.1, 0.15) is 22.5 Å². The first-order valence-corrected chi connectivity index (χ1v) is 7.50. The Labute approximate surface area is 127 Å². The summed E-state index contributed by atoms with van der Waals surface area (Å²) in [4.78, 5) is 0. The van der Waals surface area contributed by atoms with Crippen LogP contribution in [0.2, 0.25) is 0 Å². The summed E-state index contributed by atoms with van der Waals surface area (Å²) < 4.78 is 2.96. The summed E-state index contributed by atoms with van der Waals surface area (Å²) in [5.74, 6) is 0. The van der Waals surface area contributed by atoms with Crippen molar-refractivity contribution >= 4 is 15.9 Å². The summed E-state index contributed by atoms with van der Waals surface area (Å²) in [6.07, 6.45) is 0. The van der Waals surface area contributed by atoms with Gasteiger partial charge in [-0.05, 0) is 31.5 Å². The zero-order valence-electron chi connectivity index (χ0n) is 11.9. The standard InChI is InChI=1S/C15H20BrN3O/c1-11-15(12(2)19(18-11)7-8-20)10-17-9-13-3-5-14(16)6-4-13/h3-6,17,20H,7-10H2,1-2H3. The highest BCUT2D eigenvalue weighted by Gasteiger charge is 2.10. The number of hydrogen-bond donors (Lipinski definition) is 2. The van der Waals surface area contributed by atoms with Crippen LogP contribution in [-0.4, -0.2) is 21.5 Å². The van der Waals surface area contributed by atoms with Gasteiger partial charge in [0.1, 0.15) is 0 Å². The van der Waals surface area contributed by atoms with Crippen molar-refractivity contribution < 1.29 is 5.11 Å². The lowest BCUT2D eigenvalue weighted by atomic mass is 10.2. The Morgan fingerprint density at radius 2 is 1.90 bits per heavy atom. The normalized spacial score (nSPS) is 11.0. The number of benzene rings is 1. The minimum absolute atomic E-state index is 0.119. The molecule has 0 saturated heterocycles. The van der Waals surface area contributed by atoms with Crippen LogP contribution in [0.15, 0.2) is 28.7 Å². The molecule has 5 heteroatoms. The van der Waals surface area contributed by atoms with E-state index >= 15 is 0 Å². The van der Waals surface area contributed by atoms with E-state index < -0.39 is 0 Å². The quantitative estimate of drug-likeness (QED) is 0.851. The van der Waals surface area contributed by atoms with Crippen LogP contribution in [0.5, 0.6) is 0 Å². The lowest BCUT2D eigenvalue weighted by molar-refractivity contribution is 0.267. The number of halogens is 1. The SMILES string of the molecule is Cc1nn(CCO)c(C)c1CNCc1ccc(Br)cc1. The molecule has 0 amide bonds. The molecule has 0 aliphatic carbocycles. The fraction of sp³-hybridized carbons (Fsp3) is 0.400. The predicted molar refractivity (Wildman–Crippen MR) is 83.5 cm³/mol. The van der Waals surface area contributed by atoms with E-state index in [2.05, 4.69) is 38.5 Å². The number of hydrogen-bond acceptors (Lipinski definition) is 3. The molecule has 0 aliphatic heterocycles. The molecule has 1 aromatic carbocycles. The first kappa shape index (κ1) is 15.2. The van der Waals surface area contributed by atoms with Crippen LogP contribution >= 0.6 is 15.9 Å². The number of rotatable bonds is 6. The molecule has 2 N–H and O–H groups in total. The number of aromatic nitrogens is 2. The van der Waals surface area contributed by atoms with E-state index in [1.807, 2.05) is 30.7 Å². The van der Waals surface area contributed by atoms with Crippen LogP contribution in [-0.2, 0) is 19.6 Å². The highest BCUT2D eigenvalue weighted by atomic mass is 79.9. The molecule has 4 nitrogen and oxygen atoms in total. The van der Waals surface area contributed by atoms with Crippen molar-refractivity contribution in [2.24, 2.45) is 0 Å². The molecule has 20 heavy (non-hydrogen) atoms. The number of aliphatic hydroxyl groups excluding tert-OH is 1. The molecule has 0 spiro atoms. The van der Waals surface area contributed by atoms with E-state index in [0.717, 1.165) is 29.0 Å². The second kappa shape index (κ2) is 7.02. The Balaban J connectivity index is 1.95. The van der Waals surface area contributed by atoms with Crippen LogP contribution in [0.25, 0.3) is 0 Å². The van der Waals surface area contributed by atoms with E-state index in [9.17, 15) is 0 Å². The molecule has 2 rings (SSSR count). The highest BCUT2D eigenvalue weighted by molar-refractivity contribution is 9.10. The average Bonchev–Trinajstić information content (AvgIpc) is 2.69. The zero-order chi connectivity index (χ0) is 14.5. The van der Waals surface area contributed by atoms with Crippen molar-refractivity contribution in [3.05, 3.63) is 51.3 Å². The van der Waals surface area contributed by atoms with E-state index in [4.69, 9.17) is 5.11 Å². The van der Waals surface area contributed by atoms with Crippen molar-refractivity contribution in [3.8, 4) is 0 Å². The van der Waals surface area contributed by atoms with Crippen molar-refractivity contribution in [1.82, 2.24) is 15.1 Å². The molecule has 1 heterocycles. The summed E-state index contributed by atoms with van der Waals surface area (Å²) in [7, 11) is 0. The van der Waals surface area contributed by atoms with Gasteiger partial charge in [-0.25, -0.2) is 0 Å². The molecule has 0 bridgehead atoms. The number of nitrogens with zero attached hydrogens (tertiary/aromatic N) is 2. The highest BCUT2D eigenvalue weighted by Crippen LogP contribution is 2.14. The van der Waals surface area contributed by atoms with Gasteiger partial charge in [-0.1, -0.05) is 28.1 Å². The molecule has 0 unspecified atom stereocenters. The second-order valence-corrected chi connectivity index (χ2v) is 5.74. The van der Waals surface area contributed by atoms with Gasteiger partial charge in [-0.2, -0.15) is 5.10 Å².